The van der Waals surface area contributed by atoms with Gasteiger partial charge in [-0.15, -0.1) is 0 Å². The van der Waals surface area contributed by atoms with E-state index in [2.05, 4.69) is 5.32 Å². The predicted octanol–water partition coefficient (Wildman–Crippen LogP) is 2.11. The molecule has 2 rings (SSSR count). The summed E-state index contributed by atoms with van der Waals surface area (Å²) in [6.07, 6.45) is 0.0553. The number of halogens is 2. The molecule has 0 unspecified atom stereocenters. The van der Waals surface area contributed by atoms with Crippen molar-refractivity contribution in [1.82, 2.24) is 5.32 Å². The number of carbonyl (C=O) groups excluding carboxylic acids is 1. The largest absolute Gasteiger partial charge is 0.480 e. The number of alkyl halides is 2. The van der Waals surface area contributed by atoms with Crippen LogP contribution in [0.1, 0.15) is 15.9 Å². The van der Waals surface area contributed by atoms with Crippen LogP contribution in [0.4, 0.5) is 8.78 Å². The third-order valence-corrected chi connectivity index (χ3v) is 4.96. The minimum absolute atomic E-state index is 0.0440. The summed E-state index contributed by atoms with van der Waals surface area (Å²) in [6.45, 7) is 0. The summed E-state index contributed by atoms with van der Waals surface area (Å²) >= 11 is 0. The van der Waals surface area contributed by atoms with Crippen molar-refractivity contribution in [3.8, 4) is 0 Å². The van der Waals surface area contributed by atoms with Crippen LogP contribution >= 0.6 is 0 Å². The predicted molar refractivity (Wildman–Crippen MR) is 88.7 cm³/mol. The standard InChI is InChI=1S/C17H15F2NO5S/c18-17(19)26(24,25)13-8-6-12(7-9-13)15(21)20-14(16(22)23)10-11-4-2-1-3-5-11/h1-9,14,17H,10H2,(H,20,21)(H,22,23)/t14-/m0/s1. The van der Waals surface area contributed by atoms with Gasteiger partial charge in [-0.3, -0.25) is 4.79 Å². The third-order valence-electron chi connectivity index (χ3n) is 3.57. The molecule has 0 aliphatic rings. The summed E-state index contributed by atoms with van der Waals surface area (Å²) in [6, 6.07) is 11.3. The Hall–Kier alpha value is -2.81. The van der Waals surface area contributed by atoms with E-state index in [1.807, 2.05) is 0 Å². The summed E-state index contributed by atoms with van der Waals surface area (Å²) in [5.74, 6) is -5.56. The molecule has 0 bridgehead atoms. The average Bonchev–Trinajstić information content (AvgIpc) is 2.61. The Balaban J connectivity index is 2.13. The van der Waals surface area contributed by atoms with Gasteiger partial charge in [0.05, 0.1) is 4.90 Å². The molecule has 2 N–H and O–H groups in total. The molecule has 0 heterocycles. The van der Waals surface area contributed by atoms with Gasteiger partial charge in [0, 0.05) is 12.0 Å². The Morgan fingerprint density at radius 1 is 1.00 bits per heavy atom. The number of hydrogen-bond donors (Lipinski definition) is 2. The topological polar surface area (TPSA) is 101 Å². The van der Waals surface area contributed by atoms with Crippen LogP contribution in [0.25, 0.3) is 0 Å². The highest BCUT2D eigenvalue weighted by atomic mass is 32.2. The lowest BCUT2D eigenvalue weighted by Gasteiger charge is -2.15. The Kier molecular flexibility index (Phi) is 6.04. The molecule has 0 fully saturated rings. The molecule has 2 aromatic rings. The first-order valence-electron chi connectivity index (χ1n) is 7.41. The number of carboxylic acids is 1. The molecule has 1 atom stereocenters. The maximum atomic E-state index is 12.5. The number of carboxylic acid groups (broad SMARTS) is 1. The summed E-state index contributed by atoms with van der Waals surface area (Å²) in [5, 5.41) is 11.6. The van der Waals surface area contributed by atoms with Crippen LogP contribution in [0.3, 0.4) is 0 Å². The van der Waals surface area contributed by atoms with E-state index in [1.54, 1.807) is 30.3 Å². The molecule has 138 valence electrons. The highest BCUT2D eigenvalue weighted by molar-refractivity contribution is 7.91. The molecule has 0 aliphatic carbocycles. The van der Waals surface area contributed by atoms with Gasteiger partial charge in [0.1, 0.15) is 6.04 Å². The average molecular weight is 383 g/mol. The minimum Gasteiger partial charge on any atom is -0.480 e. The van der Waals surface area contributed by atoms with Gasteiger partial charge >= 0.3 is 11.7 Å². The van der Waals surface area contributed by atoms with Gasteiger partial charge in [0.2, 0.25) is 9.84 Å². The van der Waals surface area contributed by atoms with Gasteiger partial charge in [-0.25, -0.2) is 13.2 Å². The fourth-order valence-electron chi connectivity index (χ4n) is 2.19. The van der Waals surface area contributed by atoms with Crippen LogP contribution in [-0.2, 0) is 21.1 Å². The Morgan fingerprint density at radius 2 is 1.58 bits per heavy atom. The molecule has 0 radical (unpaired) electrons. The second-order valence-electron chi connectivity index (χ2n) is 5.38. The second kappa shape index (κ2) is 8.05. The minimum atomic E-state index is -4.76. The molecule has 1 amide bonds. The number of aliphatic carboxylic acids is 1. The zero-order valence-corrected chi connectivity index (χ0v) is 14.1. The Bertz CT molecular complexity index is 883. The zero-order valence-electron chi connectivity index (χ0n) is 13.3. The van der Waals surface area contributed by atoms with E-state index in [9.17, 15) is 31.9 Å². The van der Waals surface area contributed by atoms with Crippen LogP contribution in [0.2, 0.25) is 0 Å². The Labute approximate surface area is 148 Å². The second-order valence-corrected chi connectivity index (χ2v) is 7.30. The van der Waals surface area contributed by atoms with Crippen molar-refractivity contribution in [1.29, 1.82) is 0 Å². The van der Waals surface area contributed by atoms with E-state index in [0.717, 1.165) is 24.3 Å². The van der Waals surface area contributed by atoms with Crippen molar-refractivity contribution < 1.29 is 31.9 Å². The van der Waals surface area contributed by atoms with Crippen molar-refractivity contribution in [3.05, 3.63) is 65.7 Å². The lowest BCUT2D eigenvalue weighted by Crippen LogP contribution is -2.42. The molecule has 0 aliphatic heterocycles. The van der Waals surface area contributed by atoms with Crippen LogP contribution in [0.5, 0.6) is 0 Å². The van der Waals surface area contributed by atoms with Crippen molar-refractivity contribution in [3.63, 3.8) is 0 Å². The van der Waals surface area contributed by atoms with Crippen LogP contribution in [-0.4, -0.2) is 37.2 Å². The van der Waals surface area contributed by atoms with Crippen LogP contribution < -0.4 is 5.32 Å². The molecule has 0 aromatic heterocycles. The fraction of sp³-hybridized carbons (Fsp3) is 0.176. The van der Waals surface area contributed by atoms with E-state index >= 15 is 0 Å². The molecule has 2 aromatic carbocycles. The summed E-state index contributed by atoms with van der Waals surface area (Å²) < 4.78 is 47.7. The number of hydrogen-bond acceptors (Lipinski definition) is 4. The SMILES string of the molecule is O=C(N[C@@H](Cc1ccccc1)C(=O)O)c1ccc(S(=O)(=O)C(F)F)cc1. The molecule has 6 nitrogen and oxygen atoms in total. The Morgan fingerprint density at radius 3 is 2.08 bits per heavy atom. The fourth-order valence-corrected chi connectivity index (χ4v) is 2.91. The molecular formula is C17H15F2NO5S. The first-order chi connectivity index (χ1) is 12.2. The maximum absolute atomic E-state index is 12.5. The van der Waals surface area contributed by atoms with Crippen molar-refractivity contribution in [2.24, 2.45) is 0 Å². The van der Waals surface area contributed by atoms with E-state index in [0.29, 0.717) is 5.56 Å². The van der Waals surface area contributed by atoms with E-state index in [4.69, 9.17) is 0 Å². The molecule has 26 heavy (non-hydrogen) atoms. The van der Waals surface area contributed by atoms with Crippen molar-refractivity contribution in [2.45, 2.75) is 23.1 Å². The number of carbonyl (C=O) groups is 2. The molecule has 9 heteroatoms. The smallest absolute Gasteiger partial charge is 0.341 e. The monoisotopic (exact) mass is 383 g/mol. The van der Waals surface area contributed by atoms with Gasteiger partial charge in [0.15, 0.2) is 0 Å². The van der Waals surface area contributed by atoms with E-state index < -0.39 is 38.4 Å². The first-order valence-corrected chi connectivity index (χ1v) is 8.96. The van der Waals surface area contributed by atoms with Gasteiger partial charge < -0.3 is 10.4 Å². The normalized spacial score (nSPS) is 12.6. The molecule has 0 saturated carbocycles. The lowest BCUT2D eigenvalue weighted by atomic mass is 10.1. The number of benzene rings is 2. The summed E-state index contributed by atoms with van der Waals surface area (Å²) in [7, 11) is -4.76. The molecular weight excluding hydrogens is 368 g/mol. The maximum Gasteiger partial charge on any atom is 0.341 e. The highest BCUT2D eigenvalue weighted by Crippen LogP contribution is 2.18. The van der Waals surface area contributed by atoms with Crippen LogP contribution in [0, 0.1) is 0 Å². The van der Waals surface area contributed by atoms with Crippen LogP contribution in [0.15, 0.2) is 59.5 Å². The summed E-state index contributed by atoms with van der Waals surface area (Å²) in [4.78, 5) is 22.9. The third kappa shape index (κ3) is 4.63. The highest BCUT2D eigenvalue weighted by Gasteiger charge is 2.27. The van der Waals surface area contributed by atoms with Crippen molar-refractivity contribution in [2.75, 3.05) is 0 Å². The summed E-state index contributed by atoms with van der Waals surface area (Å²) in [5.41, 5.74) is 0.663. The van der Waals surface area contributed by atoms with Gasteiger partial charge in [0.25, 0.3) is 5.91 Å². The lowest BCUT2D eigenvalue weighted by molar-refractivity contribution is -0.139. The molecule has 0 saturated heterocycles. The number of amides is 1. The van der Waals surface area contributed by atoms with E-state index in [-0.39, 0.29) is 12.0 Å². The first kappa shape index (κ1) is 19.5. The van der Waals surface area contributed by atoms with Crippen molar-refractivity contribution >= 4 is 21.7 Å². The van der Waals surface area contributed by atoms with Gasteiger partial charge in [-0.2, -0.15) is 8.78 Å². The quantitative estimate of drug-likeness (QED) is 0.763. The molecule has 0 spiro atoms. The van der Waals surface area contributed by atoms with Gasteiger partial charge in [-0.1, -0.05) is 30.3 Å². The number of rotatable bonds is 7. The number of sulfone groups is 1. The zero-order chi connectivity index (χ0) is 19.3. The number of nitrogens with one attached hydrogen (secondary N) is 1. The van der Waals surface area contributed by atoms with Gasteiger partial charge in [-0.05, 0) is 29.8 Å². The van der Waals surface area contributed by atoms with E-state index in [1.165, 1.54) is 0 Å².